The summed E-state index contributed by atoms with van der Waals surface area (Å²) in [5, 5.41) is 9.29. The molecule has 0 saturated carbocycles. The molecule has 126 valence electrons. The van der Waals surface area contributed by atoms with Gasteiger partial charge in [-0.2, -0.15) is 0 Å². The first-order valence-electron chi connectivity index (χ1n) is 8.29. The van der Waals surface area contributed by atoms with Crippen molar-refractivity contribution in [1.29, 1.82) is 0 Å². The summed E-state index contributed by atoms with van der Waals surface area (Å²) in [6.07, 6.45) is 2.84. The van der Waals surface area contributed by atoms with E-state index < -0.39 is 0 Å². The van der Waals surface area contributed by atoms with Gasteiger partial charge in [0.2, 0.25) is 5.89 Å². The first kappa shape index (κ1) is 16.2. The molecule has 0 atom stereocenters. The van der Waals surface area contributed by atoms with Crippen molar-refractivity contribution in [3.63, 3.8) is 0 Å². The van der Waals surface area contributed by atoms with Gasteiger partial charge in [-0.25, -0.2) is 0 Å². The van der Waals surface area contributed by atoms with Gasteiger partial charge in [0.15, 0.2) is 0 Å². The van der Waals surface area contributed by atoms with E-state index in [-0.39, 0.29) is 12.5 Å². The van der Waals surface area contributed by atoms with Crippen LogP contribution >= 0.6 is 0 Å². The number of nitrogens with zero attached hydrogens (tertiary/aromatic N) is 3. The molecule has 6 heteroatoms. The number of fused-ring (bicyclic) bond motifs is 1. The Morgan fingerprint density at radius 3 is 2.88 bits per heavy atom. The van der Waals surface area contributed by atoms with Crippen molar-refractivity contribution < 1.29 is 13.9 Å². The summed E-state index contributed by atoms with van der Waals surface area (Å²) in [6, 6.07) is 9.82. The fraction of sp³-hybridized carbons (Fsp3) is 0.389. The lowest BCUT2D eigenvalue weighted by atomic mass is 10.2. The molecule has 2 aromatic heterocycles. The highest BCUT2D eigenvalue weighted by atomic mass is 16.5. The third-order valence-electron chi connectivity index (χ3n) is 3.83. The van der Waals surface area contributed by atoms with Crippen LogP contribution in [0.5, 0.6) is 0 Å². The Balaban J connectivity index is 1.99. The van der Waals surface area contributed by atoms with Gasteiger partial charge >= 0.3 is 5.97 Å². The van der Waals surface area contributed by atoms with Crippen LogP contribution in [0.2, 0.25) is 0 Å². The zero-order valence-electron chi connectivity index (χ0n) is 14.0. The number of aromatic nitrogens is 3. The summed E-state index contributed by atoms with van der Waals surface area (Å²) >= 11 is 0. The molecule has 1 aromatic carbocycles. The second kappa shape index (κ2) is 7.29. The SMILES string of the molecule is CCCCc1nnc(-c2cc3ccccc3n2CC(=O)OCC)o1. The van der Waals surface area contributed by atoms with Crippen molar-refractivity contribution in [1.82, 2.24) is 14.8 Å². The van der Waals surface area contributed by atoms with Crippen LogP contribution < -0.4 is 0 Å². The van der Waals surface area contributed by atoms with Gasteiger partial charge < -0.3 is 13.7 Å². The molecular formula is C18H21N3O3. The van der Waals surface area contributed by atoms with E-state index in [4.69, 9.17) is 9.15 Å². The van der Waals surface area contributed by atoms with Crippen LogP contribution in [0.3, 0.4) is 0 Å². The number of carbonyl (C=O) groups excluding carboxylic acids is 1. The number of aryl methyl sites for hydroxylation is 1. The maximum Gasteiger partial charge on any atom is 0.325 e. The summed E-state index contributed by atoms with van der Waals surface area (Å²) < 4.78 is 12.7. The highest BCUT2D eigenvalue weighted by molar-refractivity contribution is 5.87. The largest absolute Gasteiger partial charge is 0.465 e. The van der Waals surface area contributed by atoms with E-state index >= 15 is 0 Å². The van der Waals surface area contributed by atoms with Gasteiger partial charge in [-0.05, 0) is 25.5 Å². The van der Waals surface area contributed by atoms with Gasteiger partial charge in [0.25, 0.3) is 5.89 Å². The molecule has 0 spiro atoms. The van der Waals surface area contributed by atoms with Crippen molar-refractivity contribution in [2.24, 2.45) is 0 Å². The number of ether oxygens (including phenoxy) is 1. The summed E-state index contributed by atoms with van der Waals surface area (Å²) in [5.41, 5.74) is 1.67. The van der Waals surface area contributed by atoms with Gasteiger partial charge in [0.1, 0.15) is 12.2 Å². The normalized spacial score (nSPS) is 11.1. The van der Waals surface area contributed by atoms with Gasteiger partial charge in [0, 0.05) is 17.3 Å². The molecule has 0 N–H and O–H groups in total. The monoisotopic (exact) mass is 327 g/mol. The molecule has 0 aliphatic heterocycles. The Labute approximate surface area is 140 Å². The Kier molecular flexibility index (Phi) is 4.93. The molecule has 6 nitrogen and oxygen atoms in total. The second-order valence-electron chi connectivity index (χ2n) is 5.58. The molecule has 0 bridgehead atoms. The van der Waals surface area contributed by atoms with Crippen LogP contribution in [0.15, 0.2) is 34.7 Å². The maximum absolute atomic E-state index is 12.0. The number of rotatable bonds is 7. The molecule has 0 fully saturated rings. The lowest BCUT2D eigenvalue weighted by Gasteiger charge is -2.08. The van der Waals surface area contributed by atoms with Crippen LogP contribution in [0.1, 0.15) is 32.6 Å². The lowest BCUT2D eigenvalue weighted by Crippen LogP contribution is -2.14. The van der Waals surface area contributed by atoms with E-state index in [0.717, 1.165) is 35.9 Å². The Morgan fingerprint density at radius 1 is 1.25 bits per heavy atom. The minimum Gasteiger partial charge on any atom is -0.465 e. The van der Waals surface area contributed by atoms with Crippen LogP contribution in [0.4, 0.5) is 0 Å². The predicted octanol–water partition coefficient (Wildman–Crippen LogP) is 3.60. The molecule has 3 rings (SSSR count). The van der Waals surface area contributed by atoms with Crippen LogP contribution in [0, 0.1) is 0 Å². The summed E-state index contributed by atoms with van der Waals surface area (Å²) in [7, 11) is 0. The average molecular weight is 327 g/mol. The van der Waals surface area contributed by atoms with Crippen molar-refractivity contribution >= 4 is 16.9 Å². The van der Waals surface area contributed by atoms with Gasteiger partial charge in [-0.15, -0.1) is 10.2 Å². The summed E-state index contributed by atoms with van der Waals surface area (Å²) in [5.74, 6) is 0.771. The highest BCUT2D eigenvalue weighted by Crippen LogP contribution is 2.27. The van der Waals surface area contributed by atoms with Crippen LogP contribution in [0.25, 0.3) is 22.5 Å². The van der Waals surface area contributed by atoms with E-state index in [2.05, 4.69) is 17.1 Å². The third-order valence-corrected chi connectivity index (χ3v) is 3.83. The molecule has 0 radical (unpaired) electrons. The fourth-order valence-electron chi connectivity index (χ4n) is 2.68. The first-order chi connectivity index (χ1) is 11.7. The quantitative estimate of drug-likeness (QED) is 0.620. The Morgan fingerprint density at radius 2 is 2.08 bits per heavy atom. The smallest absolute Gasteiger partial charge is 0.325 e. The Hall–Kier alpha value is -2.63. The molecular weight excluding hydrogens is 306 g/mol. The number of unbranched alkanes of at least 4 members (excludes halogenated alkanes) is 1. The number of benzene rings is 1. The van der Waals surface area contributed by atoms with E-state index in [1.165, 1.54) is 0 Å². The van der Waals surface area contributed by atoms with Crippen molar-refractivity contribution in [3.05, 3.63) is 36.2 Å². The first-order valence-corrected chi connectivity index (χ1v) is 8.29. The van der Waals surface area contributed by atoms with E-state index in [1.807, 2.05) is 34.9 Å². The van der Waals surface area contributed by atoms with Crippen LogP contribution in [-0.2, 0) is 22.5 Å². The number of esters is 1. The number of hydrogen-bond acceptors (Lipinski definition) is 5. The zero-order valence-corrected chi connectivity index (χ0v) is 14.0. The lowest BCUT2D eigenvalue weighted by molar-refractivity contribution is -0.143. The van der Waals surface area contributed by atoms with E-state index in [1.54, 1.807) is 6.92 Å². The topological polar surface area (TPSA) is 70.2 Å². The molecule has 3 aromatic rings. The number of para-hydroxylation sites is 1. The maximum atomic E-state index is 12.0. The summed E-state index contributed by atoms with van der Waals surface area (Å²) in [4.78, 5) is 12.0. The predicted molar refractivity (Wildman–Crippen MR) is 90.5 cm³/mol. The molecule has 0 unspecified atom stereocenters. The number of carbonyl (C=O) groups is 1. The van der Waals surface area contributed by atoms with Crippen molar-refractivity contribution in [2.75, 3.05) is 6.61 Å². The average Bonchev–Trinajstić information content (AvgIpc) is 3.18. The van der Waals surface area contributed by atoms with Crippen LogP contribution in [-0.4, -0.2) is 27.3 Å². The number of hydrogen-bond donors (Lipinski definition) is 0. The molecule has 2 heterocycles. The zero-order chi connectivity index (χ0) is 16.9. The third kappa shape index (κ3) is 3.32. The molecule has 24 heavy (non-hydrogen) atoms. The molecule has 0 aliphatic rings. The standard InChI is InChI=1S/C18H21N3O3/c1-3-5-10-16-19-20-18(24-16)15-11-13-8-6-7-9-14(13)21(15)12-17(22)23-4-2/h6-9,11H,3-5,10,12H2,1-2H3. The van der Waals surface area contributed by atoms with Crippen molar-refractivity contribution in [3.8, 4) is 11.6 Å². The minimum atomic E-state index is -0.286. The molecule has 0 amide bonds. The van der Waals surface area contributed by atoms with Crippen molar-refractivity contribution in [2.45, 2.75) is 39.7 Å². The second-order valence-corrected chi connectivity index (χ2v) is 5.58. The molecule has 0 saturated heterocycles. The summed E-state index contributed by atoms with van der Waals surface area (Å²) in [6.45, 7) is 4.39. The van der Waals surface area contributed by atoms with E-state index in [9.17, 15) is 4.79 Å². The molecule has 0 aliphatic carbocycles. The van der Waals surface area contributed by atoms with Gasteiger partial charge in [-0.1, -0.05) is 31.5 Å². The van der Waals surface area contributed by atoms with E-state index in [0.29, 0.717) is 18.4 Å². The fourth-order valence-corrected chi connectivity index (χ4v) is 2.68. The minimum absolute atomic E-state index is 0.114. The Bertz CT molecular complexity index is 835. The van der Waals surface area contributed by atoms with Gasteiger partial charge in [0.05, 0.1) is 6.61 Å². The van der Waals surface area contributed by atoms with Gasteiger partial charge in [-0.3, -0.25) is 4.79 Å². The highest BCUT2D eigenvalue weighted by Gasteiger charge is 2.18.